The normalized spacial score (nSPS) is 11.1. The molecular formula is C34H45NO4. The fourth-order valence-electron chi connectivity index (χ4n) is 4.08. The van der Waals surface area contributed by atoms with Crippen LogP contribution >= 0.6 is 0 Å². The molecule has 0 unspecified atom stereocenters. The van der Waals surface area contributed by atoms with Crippen molar-refractivity contribution in [2.75, 3.05) is 13.2 Å². The van der Waals surface area contributed by atoms with Gasteiger partial charge in [-0.2, -0.15) is 0 Å². The molecule has 1 atom stereocenters. The average molecular weight is 532 g/mol. The Morgan fingerprint density at radius 2 is 1.18 bits per heavy atom. The first-order valence-corrected chi connectivity index (χ1v) is 13.6. The summed E-state index contributed by atoms with van der Waals surface area (Å²) in [6.45, 7) is 14.6. The standard InChI is InChI=1S/C26H27NO2.C6H14O2.C2H4/c28-18-10-17-26(29)25(19-22-11-4-1-5-12-22)27(20-23-13-6-2-7-14-23)21-24-15-8-3-9-16-24;1-4-7-6(3)8-5-2;1-2/h1-9,11-16,18,25H,10,17,19-21H2;6H,4-5H2,1-3H3;1-2H2/t25-;;/m0../s1. The topological polar surface area (TPSA) is 55.8 Å². The molecule has 0 saturated heterocycles. The number of rotatable bonds is 15. The average Bonchev–Trinajstić information content (AvgIpc) is 2.98. The summed E-state index contributed by atoms with van der Waals surface area (Å²) in [4.78, 5) is 26.2. The summed E-state index contributed by atoms with van der Waals surface area (Å²) in [7, 11) is 0. The van der Waals surface area contributed by atoms with Crippen molar-refractivity contribution >= 4 is 12.1 Å². The van der Waals surface area contributed by atoms with Crippen molar-refractivity contribution in [1.82, 2.24) is 4.90 Å². The highest BCUT2D eigenvalue weighted by Gasteiger charge is 2.26. The summed E-state index contributed by atoms with van der Waals surface area (Å²) in [6, 6.07) is 30.3. The lowest BCUT2D eigenvalue weighted by Gasteiger charge is -2.31. The Labute approximate surface area is 235 Å². The van der Waals surface area contributed by atoms with Gasteiger partial charge in [-0.15, -0.1) is 13.2 Å². The SMILES string of the molecule is C=C.CCOC(C)OCC.O=CCCC(=O)[C@H](Cc1ccccc1)N(Cc1ccccc1)Cc1ccccc1. The summed E-state index contributed by atoms with van der Waals surface area (Å²) >= 11 is 0. The zero-order chi connectivity index (χ0) is 28.7. The van der Waals surface area contributed by atoms with Gasteiger partial charge in [0.25, 0.3) is 0 Å². The Morgan fingerprint density at radius 1 is 0.769 bits per heavy atom. The Morgan fingerprint density at radius 3 is 1.56 bits per heavy atom. The van der Waals surface area contributed by atoms with Crippen LogP contribution in [0.15, 0.2) is 104 Å². The highest BCUT2D eigenvalue weighted by molar-refractivity contribution is 5.85. The molecule has 0 fully saturated rings. The number of hydrogen-bond acceptors (Lipinski definition) is 5. The molecule has 0 spiro atoms. The molecular weight excluding hydrogens is 486 g/mol. The number of carbonyl (C=O) groups is 2. The second-order valence-corrected chi connectivity index (χ2v) is 8.73. The summed E-state index contributed by atoms with van der Waals surface area (Å²) < 4.78 is 10.1. The van der Waals surface area contributed by atoms with E-state index in [9.17, 15) is 9.59 Å². The maximum Gasteiger partial charge on any atom is 0.154 e. The second kappa shape index (κ2) is 21.5. The lowest BCUT2D eigenvalue weighted by molar-refractivity contribution is -0.126. The molecule has 0 aliphatic heterocycles. The smallest absolute Gasteiger partial charge is 0.154 e. The van der Waals surface area contributed by atoms with Crippen LogP contribution in [0.5, 0.6) is 0 Å². The molecule has 0 amide bonds. The van der Waals surface area contributed by atoms with E-state index >= 15 is 0 Å². The molecule has 0 aliphatic rings. The van der Waals surface area contributed by atoms with Crippen LogP contribution < -0.4 is 0 Å². The Balaban J connectivity index is 0.000000654. The molecule has 0 bridgehead atoms. The molecule has 3 aromatic carbocycles. The Hall–Kier alpha value is -3.38. The minimum absolute atomic E-state index is 0.0370. The molecule has 3 rings (SSSR count). The second-order valence-electron chi connectivity index (χ2n) is 8.73. The number of ether oxygens (including phenoxy) is 2. The lowest BCUT2D eigenvalue weighted by atomic mass is 9.97. The van der Waals surface area contributed by atoms with Crippen molar-refractivity contribution in [1.29, 1.82) is 0 Å². The number of Topliss-reactive ketones (excluding diaryl/α,β-unsaturated/α-hetero) is 1. The molecule has 0 heterocycles. The minimum Gasteiger partial charge on any atom is -0.353 e. The van der Waals surface area contributed by atoms with Gasteiger partial charge in [-0.25, -0.2) is 0 Å². The fraction of sp³-hybridized carbons (Fsp3) is 0.353. The highest BCUT2D eigenvalue weighted by Crippen LogP contribution is 2.19. The predicted octanol–water partition coefficient (Wildman–Crippen LogP) is 7.06. The first kappa shape index (κ1) is 33.6. The summed E-state index contributed by atoms with van der Waals surface area (Å²) in [5.74, 6) is 0.118. The quantitative estimate of drug-likeness (QED) is 0.119. The van der Waals surface area contributed by atoms with Crippen LogP contribution in [0.1, 0.15) is 50.3 Å². The van der Waals surface area contributed by atoms with Crippen LogP contribution in [-0.4, -0.2) is 42.5 Å². The van der Waals surface area contributed by atoms with E-state index < -0.39 is 0 Å². The maximum absolute atomic E-state index is 13.1. The molecule has 0 aromatic heterocycles. The van der Waals surface area contributed by atoms with E-state index in [0.717, 1.165) is 25.1 Å². The minimum atomic E-state index is -0.280. The van der Waals surface area contributed by atoms with Gasteiger partial charge in [0.2, 0.25) is 0 Å². The van der Waals surface area contributed by atoms with Gasteiger partial charge in [-0.05, 0) is 43.9 Å². The van der Waals surface area contributed by atoms with E-state index in [1.165, 1.54) is 11.1 Å². The zero-order valence-electron chi connectivity index (χ0n) is 23.8. The van der Waals surface area contributed by atoms with Crippen LogP contribution in [-0.2, 0) is 38.6 Å². The van der Waals surface area contributed by atoms with Crippen molar-refractivity contribution in [3.8, 4) is 0 Å². The number of aldehydes is 1. The van der Waals surface area contributed by atoms with Crippen LogP contribution in [0.2, 0.25) is 0 Å². The number of hydrogen-bond donors (Lipinski definition) is 0. The van der Waals surface area contributed by atoms with Gasteiger partial charge < -0.3 is 14.3 Å². The third-order valence-electron chi connectivity index (χ3n) is 5.85. The van der Waals surface area contributed by atoms with E-state index in [4.69, 9.17) is 9.47 Å². The van der Waals surface area contributed by atoms with Crippen molar-refractivity contribution in [2.45, 2.75) is 65.5 Å². The van der Waals surface area contributed by atoms with E-state index in [2.05, 4.69) is 54.5 Å². The number of ketones is 1. The fourth-order valence-corrected chi connectivity index (χ4v) is 4.08. The molecule has 39 heavy (non-hydrogen) atoms. The lowest BCUT2D eigenvalue weighted by Crippen LogP contribution is -2.42. The van der Waals surface area contributed by atoms with Crippen molar-refractivity contribution in [3.63, 3.8) is 0 Å². The van der Waals surface area contributed by atoms with Gasteiger partial charge >= 0.3 is 0 Å². The summed E-state index contributed by atoms with van der Waals surface area (Å²) in [5.41, 5.74) is 3.47. The van der Waals surface area contributed by atoms with Gasteiger partial charge in [0.05, 0.1) is 6.04 Å². The van der Waals surface area contributed by atoms with E-state index in [1.54, 1.807) is 0 Å². The van der Waals surface area contributed by atoms with Gasteiger partial charge in [0, 0.05) is 39.1 Å². The number of carbonyl (C=O) groups excluding carboxylic acids is 2. The van der Waals surface area contributed by atoms with Crippen molar-refractivity contribution in [2.24, 2.45) is 0 Å². The molecule has 0 radical (unpaired) electrons. The van der Waals surface area contributed by atoms with Crippen LogP contribution in [0.3, 0.4) is 0 Å². The van der Waals surface area contributed by atoms with Crippen molar-refractivity contribution in [3.05, 3.63) is 121 Å². The monoisotopic (exact) mass is 531 g/mol. The van der Waals surface area contributed by atoms with Crippen LogP contribution in [0.25, 0.3) is 0 Å². The molecule has 0 N–H and O–H groups in total. The Kier molecular flexibility index (Phi) is 18.6. The molecule has 5 heteroatoms. The largest absolute Gasteiger partial charge is 0.353 e. The van der Waals surface area contributed by atoms with Gasteiger partial charge in [0.15, 0.2) is 12.1 Å². The maximum atomic E-state index is 13.1. The first-order valence-electron chi connectivity index (χ1n) is 13.6. The molecule has 210 valence electrons. The zero-order valence-corrected chi connectivity index (χ0v) is 23.8. The third kappa shape index (κ3) is 14.4. The van der Waals surface area contributed by atoms with E-state index in [1.807, 2.05) is 75.4 Å². The summed E-state index contributed by atoms with van der Waals surface area (Å²) in [6.07, 6.45) is 1.98. The van der Waals surface area contributed by atoms with Crippen LogP contribution in [0.4, 0.5) is 0 Å². The Bertz CT molecular complexity index is 964. The van der Waals surface area contributed by atoms with E-state index in [-0.39, 0.29) is 31.0 Å². The molecule has 3 aromatic rings. The van der Waals surface area contributed by atoms with E-state index in [0.29, 0.717) is 19.5 Å². The van der Waals surface area contributed by atoms with Gasteiger partial charge in [-0.1, -0.05) is 91.0 Å². The third-order valence-corrected chi connectivity index (χ3v) is 5.85. The molecule has 0 saturated carbocycles. The molecule has 0 aliphatic carbocycles. The van der Waals surface area contributed by atoms with Gasteiger partial charge in [-0.3, -0.25) is 9.69 Å². The number of benzene rings is 3. The van der Waals surface area contributed by atoms with Crippen molar-refractivity contribution < 1.29 is 19.1 Å². The molecule has 5 nitrogen and oxygen atoms in total. The summed E-state index contributed by atoms with van der Waals surface area (Å²) in [5, 5.41) is 0. The van der Waals surface area contributed by atoms with Gasteiger partial charge in [0.1, 0.15) is 6.29 Å². The highest BCUT2D eigenvalue weighted by atomic mass is 16.7. The predicted molar refractivity (Wildman–Crippen MR) is 160 cm³/mol. The van der Waals surface area contributed by atoms with Crippen LogP contribution in [0, 0.1) is 0 Å². The first-order chi connectivity index (χ1) is 19.1. The number of nitrogens with zero attached hydrogens (tertiary/aromatic N) is 1.